The smallest absolute Gasteiger partial charge is 0.219 e. The van der Waals surface area contributed by atoms with E-state index in [9.17, 15) is 0 Å². The minimum Gasteiger partial charge on any atom is -0.425 e. The molecular formula is C8H14N2O. The van der Waals surface area contributed by atoms with Crippen molar-refractivity contribution in [2.75, 3.05) is 0 Å². The summed E-state index contributed by atoms with van der Waals surface area (Å²) in [6.07, 6.45) is 0. The van der Waals surface area contributed by atoms with Crippen LogP contribution in [0, 0.1) is 0 Å². The molecule has 0 fully saturated rings. The normalized spacial score (nSPS) is 11.5. The molecule has 0 spiro atoms. The highest BCUT2D eigenvalue weighted by Gasteiger charge is 2.11. The van der Waals surface area contributed by atoms with Gasteiger partial charge >= 0.3 is 0 Å². The van der Waals surface area contributed by atoms with Crippen molar-refractivity contribution in [2.45, 2.75) is 39.5 Å². The lowest BCUT2D eigenvalue weighted by Crippen LogP contribution is -1.85. The summed E-state index contributed by atoms with van der Waals surface area (Å²) in [5.41, 5.74) is 0. The summed E-state index contributed by atoms with van der Waals surface area (Å²) in [5, 5.41) is 7.84. The minimum atomic E-state index is 0.329. The second-order valence-corrected chi connectivity index (χ2v) is 3.29. The third-order valence-electron chi connectivity index (χ3n) is 1.44. The van der Waals surface area contributed by atoms with Crippen LogP contribution < -0.4 is 0 Å². The van der Waals surface area contributed by atoms with Crippen molar-refractivity contribution in [1.82, 2.24) is 10.2 Å². The van der Waals surface area contributed by atoms with Crippen molar-refractivity contribution in [1.29, 1.82) is 0 Å². The van der Waals surface area contributed by atoms with E-state index in [1.165, 1.54) is 0 Å². The third kappa shape index (κ3) is 1.79. The predicted molar refractivity (Wildman–Crippen MR) is 42.5 cm³/mol. The highest BCUT2D eigenvalue weighted by atomic mass is 16.4. The lowest BCUT2D eigenvalue weighted by molar-refractivity contribution is 0.417. The molecule has 0 radical (unpaired) electrons. The van der Waals surface area contributed by atoms with E-state index in [1.54, 1.807) is 0 Å². The average molecular weight is 154 g/mol. The SMILES string of the molecule is CC(C)c1nnc(C(C)C)o1. The molecule has 1 heterocycles. The molecule has 0 N–H and O–H groups in total. The van der Waals surface area contributed by atoms with E-state index < -0.39 is 0 Å². The van der Waals surface area contributed by atoms with Crippen LogP contribution >= 0.6 is 0 Å². The van der Waals surface area contributed by atoms with Gasteiger partial charge in [0.2, 0.25) is 11.8 Å². The van der Waals surface area contributed by atoms with Crippen LogP contribution in [0.4, 0.5) is 0 Å². The van der Waals surface area contributed by atoms with Gasteiger partial charge in [-0.25, -0.2) is 0 Å². The minimum absolute atomic E-state index is 0.329. The van der Waals surface area contributed by atoms with E-state index in [0.717, 1.165) is 11.8 Å². The van der Waals surface area contributed by atoms with Gasteiger partial charge in [0.25, 0.3) is 0 Å². The van der Waals surface area contributed by atoms with Crippen LogP contribution in [-0.4, -0.2) is 10.2 Å². The van der Waals surface area contributed by atoms with Crippen molar-refractivity contribution in [3.05, 3.63) is 11.8 Å². The van der Waals surface area contributed by atoms with E-state index >= 15 is 0 Å². The Morgan fingerprint density at radius 3 is 1.45 bits per heavy atom. The van der Waals surface area contributed by atoms with Gasteiger partial charge in [-0.05, 0) is 0 Å². The van der Waals surface area contributed by atoms with Gasteiger partial charge in [-0.2, -0.15) is 0 Å². The first-order chi connectivity index (χ1) is 5.11. The molecule has 62 valence electrons. The van der Waals surface area contributed by atoms with Gasteiger partial charge in [0.1, 0.15) is 0 Å². The van der Waals surface area contributed by atoms with E-state index in [4.69, 9.17) is 4.42 Å². The Labute approximate surface area is 66.8 Å². The molecule has 1 aromatic heterocycles. The maximum atomic E-state index is 5.38. The molecular weight excluding hydrogens is 140 g/mol. The first-order valence-corrected chi connectivity index (χ1v) is 3.94. The van der Waals surface area contributed by atoms with Crippen LogP contribution in [0.25, 0.3) is 0 Å². The van der Waals surface area contributed by atoms with Crippen LogP contribution in [0.2, 0.25) is 0 Å². The summed E-state index contributed by atoms with van der Waals surface area (Å²) in [6, 6.07) is 0. The van der Waals surface area contributed by atoms with Crippen molar-refractivity contribution in [2.24, 2.45) is 0 Å². The molecule has 0 atom stereocenters. The van der Waals surface area contributed by atoms with E-state index in [-0.39, 0.29) is 0 Å². The van der Waals surface area contributed by atoms with Crippen LogP contribution in [0.1, 0.15) is 51.3 Å². The predicted octanol–water partition coefficient (Wildman–Crippen LogP) is 2.32. The summed E-state index contributed by atoms with van der Waals surface area (Å²) in [7, 11) is 0. The number of rotatable bonds is 2. The Bertz CT molecular complexity index is 205. The second kappa shape index (κ2) is 3.03. The molecule has 1 rings (SSSR count). The highest BCUT2D eigenvalue weighted by molar-refractivity contribution is 4.90. The molecule has 0 unspecified atom stereocenters. The van der Waals surface area contributed by atoms with Gasteiger partial charge in [0, 0.05) is 11.8 Å². The van der Waals surface area contributed by atoms with Crippen LogP contribution in [-0.2, 0) is 0 Å². The van der Waals surface area contributed by atoms with Crippen molar-refractivity contribution >= 4 is 0 Å². The Balaban J connectivity index is 2.82. The molecule has 0 bridgehead atoms. The van der Waals surface area contributed by atoms with Gasteiger partial charge < -0.3 is 4.42 Å². The van der Waals surface area contributed by atoms with Crippen LogP contribution in [0.5, 0.6) is 0 Å². The molecule has 0 aliphatic rings. The molecule has 0 aromatic carbocycles. The Kier molecular flexibility index (Phi) is 2.27. The van der Waals surface area contributed by atoms with Gasteiger partial charge in [0.15, 0.2) is 0 Å². The van der Waals surface area contributed by atoms with Crippen molar-refractivity contribution < 1.29 is 4.42 Å². The highest BCUT2D eigenvalue weighted by Crippen LogP contribution is 2.16. The van der Waals surface area contributed by atoms with Gasteiger partial charge in [-0.3, -0.25) is 0 Å². The van der Waals surface area contributed by atoms with E-state index in [2.05, 4.69) is 10.2 Å². The summed E-state index contributed by atoms with van der Waals surface area (Å²) >= 11 is 0. The third-order valence-corrected chi connectivity index (χ3v) is 1.44. The zero-order chi connectivity index (χ0) is 8.43. The lowest BCUT2D eigenvalue weighted by Gasteiger charge is -1.96. The molecule has 0 aliphatic carbocycles. The average Bonchev–Trinajstić information content (AvgIpc) is 2.33. The van der Waals surface area contributed by atoms with Gasteiger partial charge in [-0.1, -0.05) is 27.7 Å². The maximum Gasteiger partial charge on any atom is 0.219 e. The largest absolute Gasteiger partial charge is 0.425 e. The summed E-state index contributed by atoms with van der Waals surface area (Å²) < 4.78 is 5.38. The first kappa shape index (κ1) is 8.24. The van der Waals surface area contributed by atoms with Crippen molar-refractivity contribution in [3.63, 3.8) is 0 Å². The fourth-order valence-corrected chi connectivity index (χ4v) is 0.713. The molecule has 3 nitrogen and oxygen atoms in total. The standard InChI is InChI=1S/C8H14N2O/c1-5(2)7-9-10-8(11-7)6(3)4/h5-6H,1-4H3. The molecule has 0 saturated heterocycles. The van der Waals surface area contributed by atoms with Gasteiger partial charge in [0.05, 0.1) is 0 Å². The topological polar surface area (TPSA) is 38.9 Å². The zero-order valence-corrected chi connectivity index (χ0v) is 7.46. The second-order valence-electron chi connectivity index (χ2n) is 3.29. The van der Waals surface area contributed by atoms with Gasteiger partial charge in [-0.15, -0.1) is 10.2 Å². The quantitative estimate of drug-likeness (QED) is 0.656. The fourth-order valence-electron chi connectivity index (χ4n) is 0.713. The lowest BCUT2D eigenvalue weighted by atomic mass is 10.2. The van der Waals surface area contributed by atoms with E-state index in [0.29, 0.717) is 11.8 Å². The summed E-state index contributed by atoms with van der Waals surface area (Å²) in [4.78, 5) is 0. The Morgan fingerprint density at radius 1 is 0.909 bits per heavy atom. The maximum absolute atomic E-state index is 5.38. The number of nitrogens with zero attached hydrogens (tertiary/aromatic N) is 2. The van der Waals surface area contributed by atoms with Crippen LogP contribution in [0.3, 0.4) is 0 Å². The molecule has 1 aromatic rings. The molecule has 0 amide bonds. The molecule has 3 heteroatoms. The summed E-state index contributed by atoms with van der Waals surface area (Å²) in [6.45, 7) is 8.16. The number of hydrogen-bond donors (Lipinski definition) is 0. The summed E-state index contributed by atoms with van der Waals surface area (Å²) in [5.74, 6) is 2.12. The first-order valence-electron chi connectivity index (χ1n) is 3.94. The fraction of sp³-hybridized carbons (Fsp3) is 0.750. The molecule has 0 aliphatic heterocycles. The monoisotopic (exact) mass is 154 g/mol. The van der Waals surface area contributed by atoms with E-state index in [1.807, 2.05) is 27.7 Å². The molecule has 0 saturated carbocycles. The molecule has 11 heavy (non-hydrogen) atoms. The number of hydrogen-bond acceptors (Lipinski definition) is 3. The Morgan fingerprint density at radius 2 is 1.27 bits per heavy atom. The number of aromatic nitrogens is 2. The zero-order valence-electron chi connectivity index (χ0n) is 7.46. The van der Waals surface area contributed by atoms with Crippen LogP contribution in [0.15, 0.2) is 4.42 Å². The van der Waals surface area contributed by atoms with Crippen molar-refractivity contribution in [3.8, 4) is 0 Å². The Hall–Kier alpha value is -0.860.